The van der Waals surface area contributed by atoms with E-state index in [9.17, 15) is 0 Å². The lowest BCUT2D eigenvalue weighted by atomic mass is 9.70. The Morgan fingerprint density at radius 2 is 1.67 bits per heavy atom. The third kappa shape index (κ3) is 3.71. The fourth-order valence-electron chi connectivity index (χ4n) is 3.76. The minimum Gasteiger partial charge on any atom is -0.330 e. The topological polar surface area (TPSA) is 29.3 Å². The number of hydrogen-bond donors (Lipinski definition) is 1. The second-order valence-corrected chi connectivity index (χ2v) is 7.20. The molecule has 1 saturated heterocycles. The number of hydrogen-bond acceptors (Lipinski definition) is 2. The lowest BCUT2D eigenvalue weighted by Crippen LogP contribution is -2.45. The molecule has 1 aliphatic heterocycles. The van der Waals surface area contributed by atoms with Gasteiger partial charge in [0, 0.05) is 6.54 Å². The van der Waals surface area contributed by atoms with E-state index >= 15 is 0 Å². The predicted molar refractivity (Wildman–Crippen MR) is 78.6 cm³/mol. The van der Waals surface area contributed by atoms with Crippen LogP contribution in [0.25, 0.3) is 0 Å². The molecule has 0 amide bonds. The van der Waals surface area contributed by atoms with Crippen molar-refractivity contribution in [2.45, 2.75) is 58.8 Å². The molecule has 2 fully saturated rings. The van der Waals surface area contributed by atoms with Gasteiger partial charge in [-0.15, -0.1) is 0 Å². The van der Waals surface area contributed by atoms with Crippen LogP contribution in [0.3, 0.4) is 0 Å². The van der Waals surface area contributed by atoms with Crippen molar-refractivity contribution in [1.29, 1.82) is 0 Å². The van der Waals surface area contributed by atoms with Crippen LogP contribution in [-0.2, 0) is 0 Å². The number of likely N-dealkylation sites (tertiary alicyclic amines) is 1. The molecule has 1 heterocycles. The molecule has 1 aliphatic carbocycles. The molecular weight excluding hydrogens is 220 g/mol. The predicted octanol–water partition coefficient (Wildman–Crippen LogP) is 3.26. The molecule has 0 aromatic heterocycles. The van der Waals surface area contributed by atoms with Crippen LogP contribution in [0.5, 0.6) is 0 Å². The largest absolute Gasteiger partial charge is 0.330 e. The van der Waals surface area contributed by atoms with E-state index in [1.54, 1.807) is 0 Å². The zero-order valence-electron chi connectivity index (χ0n) is 12.5. The Bertz CT molecular complexity index is 243. The van der Waals surface area contributed by atoms with E-state index in [4.69, 9.17) is 5.73 Å². The lowest BCUT2D eigenvalue weighted by Gasteiger charge is -2.42. The van der Waals surface area contributed by atoms with Crippen LogP contribution in [0.1, 0.15) is 58.8 Å². The molecular formula is C16H32N2. The summed E-state index contributed by atoms with van der Waals surface area (Å²) in [5.41, 5.74) is 6.59. The molecule has 0 aromatic carbocycles. The molecule has 2 N–H and O–H groups in total. The summed E-state index contributed by atoms with van der Waals surface area (Å²) in [6, 6.07) is 0. The molecule has 2 rings (SSSR count). The highest BCUT2D eigenvalue weighted by Gasteiger charge is 2.34. The van der Waals surface area contributed by atoms with Crippen LogP contribution in [0.2, 0.25) is 0 Å². The van der Waals surface area contributed by atoms with E-state index in [-0.39, 0.29) is 0 Å². The van der Waals surface area contributed by atoms with Gasteiger partial charge in [0.15, 0.2) is 0 Å². The summed E-state index contributed by atoms with van der Waals surface area (Å²) in [4.78, 5) is 2.71. The number of nitrogens with two attached hydrogens (primary N) is 1. The fraction of sp³-hybridized carbons (Fsp3) is 1.00. The van der Waals surface area contributed by atoms with E-state index in [2.05, 4.69) is 18.7 Å². The number of rotatable bonds is 3. The Morgan fingerprint density at radius 3 is 2.33 bits per heavy atom. The maximum Gasteiger partial charge on any atom is 0.00501 e. The van der Waals surface area contributed by atoms with Crippen molar-refractivity contribution >= 4 is 0 Å². The highest BCUT2D eigenvalue weighted by Crippen LogP contribution is 2.39. The first-order chi connectivity index (χ1) is 8.63. The molecule has 0 aromatic rings. The van der Waals surface area contributed by atoms with E-state index in [0.29, 0.717) is 5.41 Å². The van der Waals surface area contributed by atoms with Crippen LogP contribution >= 0.6 is 0 Å². The van der Waals surface area contributed by atoms with Crippen molar-refractivity contribution in [1.82, 2.24) is 4.90 Å². The minimum absolute atomic E-state index is 0.445. The van der Waals surface area contributed by atoms with E-state index in [1.807, 2.05) is 0 Å². The second kappa shape index (κ2) is 6.38. The van der Waals surface area contributed by atoms with Crippen molar-refractivity contribution in [3.05, 3.63) is 0 Å². The number of nitrogens with zero attached hydrogens (tertiary/aromatic N) is 1. The normalized spacial score (nSPS) is 39.5. The standard InChI is InChI=1S/C16H32N2/c1-14-4-3-10-18(11-7-14)13-16(12-17)8-5-15(2)6-9-16/h14-15H,3-13,17H2,1-2H3. The summed E-state index contributed by atoms with van der Waals surface area (Å²) in [6.07, 6.45) is 9.69. The first-order valence-electron chi connectivity index (χ1n) is 8.06. The molecule has 2 aliphatic rings. The van der Waals surface area contributed by atoms with Gasteiger partial charge in [0.05, 0.1) is 0 Å². The summed E-state index contributed by atoms with van der Waals surface area (Å²) >= 11 is 0. The minimum atomic E-state index is 0.445. The summed E-state index contributed by atoms with van der Waals surface area (Å²) < 4.78 is 0. The van der Waals surface area contributed by atoms with Gasteiger partial charge in [-0.3, -0.25) is 0 Å². The zero-order valence-corrected chi connectivity index (χ0v) is 12.5. The van der Waals surface area contributed by atoms with Gasteiger partial charge in [0.2, 0.25) is 0 Å². The quantitative estimate of drug-likeness (QED) is 0.835. The third-order valence-corrected chi connectivity index (χ3v) is 5.44. The second-order valence-electron chi connectivity index (χ2n) is 7.20. The van der Waals surface area contributed by atoms with Crippen molar-refractivity contribution in [2.75, 3.05) is 26.2 Å². The molecule has 0 bridgehead atoms. The molecule has 1 atom stereocenters. The zero-order chi connectivity index (χ0) is 13.0. The first-order valence-corrected chi connectivity index (χ1v) is 8.06. The maximum atomic E-state index is 6.14. The third-order valence-electron chi connectivity index (χ3n) is 5.44. The SMILES string of the molecule is CC1CCCN(CC2(CN)CCC(C)CC2)CC1. The summed E-state index contributed by atoms with van der Waals surface area (Å²) in [7, 11) is 0. The summed E-state index contributed by atoms with van der Waals surface area (Å²) in [5, 5.41) is 0. The summed E-state index contributed by atoms with van der Waals surface area (Å²) in [5.74, 6) is 1.85. The van der Waals surface area contributed by atoms with Crippen molar-refractivity contribution in [3.63, 3.8) is 0 Å². The van der Waals surface area contributed by atoms with Gasteiger partial charge in [0.1, 0.15) is 0 Å². The van der Waals surface area contributed by atoms with Crippen LogP contribution < -0.4 is 5.73 Å². The highest BCUT2D eigenvalue weighted by molar-refractivity contribution is 4.89. The highest BCUT2D eigenvalue weighted by atomic mass is 15.1. The fourth-order valence-corrected chi connectivity index (χ4v) is 3.76. The molecule has 1 saturated carbocycles. The molecule has 0 spiro atoms. The monoisotopic (exact) mass is 252 g/mol. The molecule has 1 unspecified atom stereocenters. The van der Waals surface area contributed by atoms with Crippen LogP contribution in [0, 0.1) is 17.3 Å². The van der Waals surface area contributed by atoms with Gasteiger partial charge >= 0.3 is 0 Å². The van der Waals surface area contributed by atoms with Crippen LogP contribution in [-0.4, -0.2) is 31.1 Å². The van der Waals surface area contributed by atoms with E-state index in [1.165, 1.54) is 64.6 Å². The van der Waals surface area contributed by atoms with Crippen LogP contribution in [0.4, 0.5) is 0 Å². The Labute approximate surface area is 113 Å². The molecule has 2 nitrogen and oxygen atoms in total. The van der Waals surface area contributed by atoms with Crippen LogP contribution in [0.15, 0.2) is 0 Å². The molecule has 2 heteroatoms. The average Bonchev–Trinajstić information content (AvgIpc) is 2.58. The smallest absolute Gasteiger partial charge is 0.00501 e. The lowest BCUT2D eigenvalue weighted by molar-refractivity contribution is 0.0961. The van der Waals surface area contributed by atoms with Gasteiger partial charge in [-0.05, 0) is 69.0 Å². The Balaban J connectivity index is 1.89. The molecule has 18 heavy (non-hydrogen) atoms. The van der Waals surface area contributed by atoms with Crippen molar-refractivity contribution < 1.29 is 0 Å². The Hall–Kier alpha value is -0.0800. The van der Waals surface area contributed by atoms with Crippen molar-refractivity contribution in [3.8, 4) is 0 Å². The summed E-state index contributed by atoms with van der Waals surface area (Å²) in [6.45, 7) is 9.58. The Morgan fingerprint density at radius 1 is 1.00 bits per heavy atom. The Kier molecular flexibility index (Phi) is 5.08. The van der Waals surface area contributed by atoms with E-state index < -0.39 is 0 Å². The van der Waals surface area contributed by atoms with Gasteiger partial charge in [-0.2, -0.15) is 0 Å². The van der Waals surface area contributed by atoms with Crippen molar-refractivity contribution in [2.24, 2.45) is 23.0 Å². The maximum absolute atomic E-state index is 6.14. The van der Waals surface area contributed by atoms with Gasteiger partial charge in [-0.25, -0.2) is 0 Å². The van der Waals surface area contributed by atoms with E-state index in [0.717, 1.165) is 18.4 Å². The van der Waals surface area contributed by atoms with Gasteiger partial charge < -0.3 is 10.6 Å². The molecule has 106 valence electrons. The van der Waals surface area contributed by atoms with Gasteiger partial charge in [-0.1, -0.05) is 26.7 Å². The van der Waals surface area contributed by atoms with Gasteiger partial charge in [0.25, 0.3) is 0 Å². The average molecular weight is 252 g/mol. The molecule has 0 radical (unpaired) electrons. The first kappa shape index (κ1) is 14.3.